The highest BCUT2D eigenvalue weighted by molar-refractivity contribution is 6.08. The molecule has 0 aliphatic rings. The first-order chi connectivity index (χ1) is 14.7. The van der Waals surface area contributed by atoms with Crippen LogP contribution in [0.3, 0.4) is 0 Å². The first kappa shape index (κ1) is 17.9. The van der Waals surface area contributed by atoms with E-state index in [4.69, 9.17) is 19.9 Å². The van der Waals surface area contributed by atoms with Gasteiger partial charge < -0.3 is 19.5 Å². The predicted molar refractivity (Wildman–Crippen MR) is 113 cm³/mol. The summed E-state index contributed by atoms with van der Waals surface area (Å²) >= 11 is 0. The number of hydrogen-bond acceptors (Lipinski definition) is 6. The van der Waals surface area contributed by atoms with E-state index >= 15 is 0 Å². The Morgan fingerprint density at radius 2 is 1.70 bits per heavy atom. The standard InChI is InChI=1S/C23H18N4O3/c24-21-19(23(28)30-14-15-7-2-1-3-8-15)20-22(27(21)13-16-9-6-12-29-16)26-18-11-5-4-10-17(18)25-20/h1-12H,13-14,24H2. The van der Waals surface area contributed by atoms with Crippen LogP contribution in [0.1, 0.15) is 21.7 Å². The zero-order chi connectivity index (χ0) is 20.5. The maximum Gasteiger partial charge on any atom is 0.344 e. The zero-order valence-corrected chi connectivity index (χ0v) is 16.0. The van der Waals surface area contributed by atoms with Crippen molar-refractivity contribution in [3.05, 3.63) is 89.9 Å². The number of furan rings is 1. The molecular weight excluding hydrogens is 380 g/mol. The van der Waals surface area contributed by atoms with Crippen LogP contribution in [0.15, 0.2) is 77.4 Å². The van der Waals surface area contributed by atoms with Gasteiger partial charge in [-0.3, -0.25) is 0 Å². The third-order valence-electron chi connectivity index (χ3n) is 4.90. The number of aromatic nitrogens is 3. The minimum Gasteiger partial charge on any atom is -0.467 e. The summed E-state index contributed by atoms with van der Waals surface area (Å²) in [5, 5.41) is 0. The number of rotatable bonds is 5. The number of carbonyl (C=O) groups is 1. The number of ether oxygens (including phenoxy) is 1. The van der Waals surface area contributed by atoms with Crippen LogP contribution < -0.4 is 5.73 Å². The average Bonchev–Trinajstić information content (AvgIpc) is 3.38. The number of nitrogen functional groups attached to an aromatic ring is 1. The second-order valence-electron chi connectivity index (χ2n) is 6.87. The van der Waals surface area contributed by atoms with Crippen LogP contribution in [0.5, 0.6) is 0 Å². The van der Waals surface area contributed by atoms with Crippen LogP contribution in [0.4, 0.5) is 5.82 Å². The fourth-order valence-corrected chi connectivity index (χ4v) is 3.43. The molecule has 0 saturated carbocycles. The van der Waals surface area contributed by atoms with Crippen LogP contribution in [-0.2, 0) is 17.9 Å². The third kappa shape index (κ3) is 3.16. The maximum atomic E-state index is 13.0. The van der Waals surface area contributed by atoms with Gasteiger partial charge in [-0.05, 0) is 29.8 Å². The molecule has 2 aromatic carbocycles. The van der Waals surface area contributed by atoms with Crippen LogP contribution in [0.25, 0.3) is 22.2 Å². The summed E-state index contributed by atoms with van der Waals surface area (Å²) in [5.41, 5.74) is 9.82. The SMILES string of the molecule is Nc1c(C(=O)OCc2ccccc2)c2nc3ccccc3nc2n1Cc1ccco1. The van der Waals surface area contributed by atoms with Crippen molar-refractivity contribution in [1.29, 1.82) is 0 Å². The van der Waals surface area contributed by atoms with E-state index in [1.165, 1.54) is 0 Å². The summed E-state index contributed by atoms with van der Waals surface area (Å²) in [5.74, 6) is 0.400. The lowest BCUT2D eigenvalue weighted by atomic mass is 10.2. The van der Waals surface area contributed by atoms with E-state index in [1.54, 1.807) is 16.9 Å². The van der Waals surface area contributed by atoms with E-state index in [2.05, 4.69) is 4.98 Å². The van der Waals surface area contributed by atoms with Crippen molar-refractivity contribution in [3.63, 3.8) is 0 Å². The van der Waals surface area contributed by atoms with Gasteiger partial charge in [-0.15, -0.1) is 0 Å². The Morgan fingerprint density at radius 1 is 0.967 bits per heavy atom. The van der Waals surface area contributed by atoms with Crippen molar-refractivity contribution >= 4 is 34.0 Å². The van der Waals surface area contributed by atoms with Crippen LogP contribution in [0, 0.1) is 0 Å². The monoisotopic (exact) mass is 398 g/mol. The summed E-state index contributed by atoms with van der Waals surface area (Å²) in [7, 11) is 0. The second-order valence-corrected chi connectivity index (χ2v) is 6.87. The summed E-state index contributed by atoms with van der Waals surface area (Å²) in [6, 6.07) is 20.6. The molecule has 0 aliphatic heterocycles. The third-order valence-corrected chi connectivity index (χ3v) is 4.90. The summed E-state index contributed by atoms with van der Waals surface area (Å²) in [4.78, 5) is 22.4. The lowest BCUT2D eigenvalue weighted by molar-refractivity contribution is 0.0476. The Labute approximate surface area is 171 Å². The molecule has 7 heteroatoms. The van der Waals surface area contributed by atoms with E-state index in [0.29, 0.717) is 34.5 Å². The number of nitrogens with zero attached hydrogens (tertiary/aromatic N) is 3. The molecule has 0 radical (unpaired) electrons. The zero-order valence-electron chi connectivity index (χ0n) is 16.0. The fourth-order valence-electron chi connectivity index (χ4n) is 3.43. The van der Waals surface area contributed by atoms with Crippen molar-refractivity contribution < 1.29 is 13.9 Å². The van der Waals surface area contributed by atoms with Crippen LogP contribution in [-0.4, -0.2) is 20.5 Å². The molecule has 3 heterocycles. The highest BCUT2D eigenvalue weighted by Crippen LogP contribution is 2.29. The molecule has 5 aromatic rings. The molecule has 0 spiro atoms. The number of anilines is 1. The Morgan fingerprint density at radius 3 is 2.43 bits per heavy atom. The molecule has 148 valence electrons. The van der Waals surface area contributed by atoms with Gasteiger partial charge in [-0.1, -0.05) is 42.5 Å². The summed E-state index contributed by atoms with van der Waals surface area (Å²) < 4.78 is 12.7. The molecular formula is C23H18N4O3. The van der Waals surface area contributed by atoms with Gasteiger partial charge in [0.05, 0.1) is 23.8 Å². The number of hydrogen-bond donors (Lipinski definition) is 1. The van der Waals surface area contributed by atoms with Gasteiger partial charge in [0.25, 0.3) is 0 Å². The first-order valence-electron chi connectivity index (χ1n) is 9.48. The first-order valence-corrected chi connectivity index (χ1v) is 9.48. The fraction of sp³-hybridized carbons (Fsp3) is 0.0870. The Balaban J connectivity index is 1.61. The minimum atomic E-state index is -0.538. The van der Waals surface area contributed by atoms with E-state index in [0.717, 1.165) is 5.56 Å². The highest BCUT2D eigenvalue weighted by Gasteiger charge is 2.25. The Kier molecular flexibility index (Phi) is 4.40. The second kappa shape index (κ2) is 7.36. The number of para-hydroxylation sites is 2. The molecule has 0 fully saturated rings. The molecule has 0 atom stereocenters. The van der Waals surface area contributed by atoms with Gasteiger partial charge in [-0.25, -0.2) is 14.8 Å². The average molecular weight is 398 g/mol. The topological polar surface area (TPSA) is 96.2 Å². The number of esters is 1. The number of benzene rings is 2. The van der Waals surface area contributed by atoms with Gasteiger partial charge in [0.15, 0.2) is 5.65 Å². The van der Waals surface area contributed by atoms with Crippen molar-refractivity contribution in [1.82, 2.24) is 14.5 Å². The molecule has 0 aliphatic carbocycles. The van der Waals surface area contributed by atoms with Gasteiger partial charge in [0.2, 0.25) is 0 Å². The molecule has 0 saturated heterocycles. The number of nitrogens with two attached hydrogens (primary N) is 1. The molecule has 3 aromatic heterocycles. The quantitative estimate of drug-likeness (QED) is 0.447. The van der Waals surface area contributed by atoms with Crippen molar-refractivity contribution in [3.8, 4) is 0 Å². The van der Waals surface area contributed by atoms with E-state index < -0.39 is 5.97 Å². The molecule has 30 heavy (non-hydrogen) atoms. The highest BCUT2D eigenvalue weighted by atomic mass is 16.5. The number of fused-ring (bicyclic) bond motifs is 2. The molecule has 7 nitrogen and oxygen atoms in total. The largest absolute Gasteiger partial charge is 0.467 e. The van der Waals surface area contributed by atoms with Gasteiger partial charge in [-0.2, -0.15) is 0 Å². The van der Waals surface area contributed by atoms with E-state index in [9.17, 15) is 4.79 Å². The normalized spacial score (nSPS) is 11.2. The maximum absolute atomic E-state index is 13.0. The molecule has 0 unspecified atom stereocenters. The van der Waals surface area contributed by atoms with Crippen LogP contribution >= 0.6 is 0 Å². The number of carbonyl (C=O) groups excluding carboxylic acids is 1. The summed E-state index contributed by atoms with van der Waals surface area (Å²) in [6.45, 7) is 0.472. The summed E-state index contributed by atoms with van der Waals surface area (Å²) in [6.07, 6.45) is 1.59. The lowest BCUT2D eigenvalue weighted by Crippen LogP contribution is -2.10. The van der Waals surface area contributed by atoms with Crippen molar-refractivity contribution in [2.75, 3.05) is 5.73 Å². The van der Waals surface area contributed by atoms with Crippen LogP contribution in [0.2, 0.25) is 0 Å². The van der Waals surface area contributed by atoms with Crippen molar-refractivity contribution in [2.24, 2.45) is 0 Å². The molecule has 2 N–H and O–H groups in total. The van der Waals surface area contributed by atoms with E-state index in [-0.39, 0.29) is 18.0 Å². The lowest BCUT2D eigenvalue weighted by Gasteiger charge is -2.06. The van der Waals surface area contributed by atoms with E-state index in [1.807, 2.05) is 60.7 Å². The smallest absolute Gasteiger partial charge is 0.344 e. The Hall–Kier alpha value is -4.13. The Bertz CT molecular complexity index is 1340. The van der Waals surface area contributed by atoms with Gasteiger partial charge in [0, 0.05) is 0 Å². The van der Waals surface area contributed by atoms with Gasteiger partial charge in [0.1, 0.15) is 29.3 Å². The molecule has 0 bridgehead atoms. The molecule has 5 rings (SSSR count). The predicted octanol–water partition coefficient (Wildman–Crippen LogP) is 4.17. The van der Waals surface area contributed by atoms with Gasteiger partial charge >= 0.3 is 5.97 Å². The van der Waals surface area contributed by atoms with Crippen molar-refractivity contribution in [2.45, 2.75) is 13.2 Å². The molecule has 0 amide bonds. The minimum absolute atomic E-state index is 0.144.